The third kappa shape index (κ3) is 5.70. The first-order chi connectivity index (χ1) is 7.33. The first-order valence-electron chi connectivity index (χ1n) is 5.21. The van der Waals surface area contributed by atoms with Gasteiger partial charge in [-0.25, -0.2) is 0 Å². The van der Waals surface area contributed by atoms with Gasteiger partial charge in [-0.15, -0.1) is 0 Å². The molecular weight excluding hydrogens is 208 g/mol. The van der Waals surface area contributed by atoms with Crippen LogP contribution < -0.4 is 4.74 Å². The van der Waals surface area contributed by atoms with E-state index < -0.39 is 0 Å². The number of benzene rings is 1. The van der Waals surface area contributed by atoms with Gasteiger partial charge in [0, 0.05) is 5.75 Å². The van der Waals surface area contributed by atoms with Crippen LogP contribution in [0.2, 0.25) is 0 Å². The van der Waals surface area contributed by atoms with Crippen LogP contribution in [-0.4, -0.2) is 29.8 Å². The topological polar surface area (TPSA) is 29.5 Å². The van der Waals surface area contributed by atoms with Crippen molar-refractivity contribution in [2.24, 2.45) is 0 Å². The van der Waals surface area contributed by atoms with E-state index in [1.54, 1.807) is 11.8 Å². The average Bonchev–Trinajstić information content (AvgIpc) is 2.23. The number of hydrogen-bond acceptors (Lipinski definition) is 3. The van der Waals surface area contributed by atoms with Crippen LogP contribution in [0.3, 0.4) is 0 Å². The van der Waals surface area contributed by atoms with Crippen molar-refractivity contribution in [3.8, 4) is 5.75 Å². The lowest BCUT2D eigenvalue weighted by molar-refractivity contribution is 0.317. The van der Waals surface area contributed by atoms with E-state index in [-0.39, 0.29) is 6.61 Å². The van der Waals surface area contributed by atoms with Crippen molar-refractivity contribution in [3.05, 3.63) is 29.8 Å². The summed E-state index contributed by atoms with van der Waals surface area (Å²) >= 11 is 1.76. The van der Waals surface area contributed by atoms with E-state index in [1.807, 2.05) is 18.2 Å². The molecule has 1 aromatic rings. The minimum Gasteiger partial charge on any atom is -0.494 e. The summed E-state index contributed by atoms with van der Waals surface area (Å²) in [5.41, 5.74) is 1.22. The summed E-state index contributed by atoms with van der Waals surface area (Å²) in [5, 5.41) is 8.58. The monoisotopic (exact) mass is 226 g/mol. The van der Waals surface area contributed by atoms with E-state index in [1.165, 1.54) is 5.56 Å². The predicted octanol–water partition coefficient (Wildman–Crippen LogP) is 2.49. The van der Waals surface area contributed by atoms with Crippen molar-refractivity contribution in [1.82, 2.24) is 0 Å². The van der Waals surface area contributed by atoms with Crippen LogP contribution >= 0.6 is 11.8 Å². The van der Waals surface area contributed by atoms with Crippen molar-refractivity contribution in [3.63, 3.8) is 0 Å². The van der Waals surface area contributed by atoms with Gasteiger partial charge in [0.15, 0.2) is 0 Å². The Balaban J connectivity index is 2.10. The van der Waals surface area contributed by atoms with E-state index in [9.17, 15) is 0 Å². The molecule has 84 valence electrons. The molecule has 15 heavy (non-hydrogen) atoms. The smallest absolute Gasteiger partial charge is 0.119 e. The maximum atomic E-state index is 8.58. The SMILES string of the molecule is Cc1cccc(OCCCSCCO)c1. The lowest BCUT2D eigenvalue weighted by Crippen LogP contribution is -1.99. The molecule has 3 heteroatoms. The van der Waals surface area contributed by atoms with Crippen LogP contribution in [0.4, 0.5) is 0 Å². The Morgan fingerprint density at radius 3 is 2.93 bits per heavy atom. The van der Waals surface area contributed by atoms with Gasteiger partial charge in [-0.05, 0) is 36.8 Å². The molecule has 0 aliphatic heterocycles. The first kappa shape index (κ1) is 12.4. The predicted molar refractivity (Wildman–Crippen MR) is 65.7 cm³/mol. The molecule has 0 spiro atoms. The second-order valence-corrected chi connectivity index (χ2v) is 4.58. The molecule has 0 aliphatic rings. The largest absolute Gasteiger partial charge is 0.494 e. The molecule has 0 radical (unpaired) electrons. The summed E-state index contributed by atoms with van der Waals surface area (Å²) < 4.78 is 5.59. The third-order valence-corrected chi connectivity index (χ3v) is 2.98. The fraction of sp³-hybridized carbons (Fsp3) is 0.500. The van der Waals surface area contributed by atoms with Crippen LogP contribution in [0.1, 0.15) is 12.0 Å². The molecule has 1 aromatic carbocycles. The van der Waals surface area contributed by atoms with E-state index in [0.717, 1.165) is 30.3 Å². The van der Waals surface area contributed by atoms with Gasteiger partial charge in [-0.1, -0.05) is 12.1 Å². The van der Waals surface area contributed by atoms with Crippen LogP contribution in [-0.2, 0) is 0 Å². The summed E-state index contributed by atoms with van der Waals surface area (Å²) in [5.74, 6) is 2.82. The second kappa shape index (κ2) is 7.60. The Kier molecular flexibility index (Phi) is 6.28. The highest BCUT2D eigenvalue weighted by Gasteiger charge is 1.94. The van der Waals surface area contributed by atoms with Gasteiger partial charge in [0.2, 0.25) is 0 Å². The summed E-state index contributed by atoms with van der Waals surface area (Å²) in [6, 6.07) is 8.09. The Morgan fingerprint density at radius 1 is 1.33 bits per heavy atom. The van der Waals surface area contributed by atoms with Gasteiger partial charge >= 0.3 is 0 Å². The molecule has 2 nitrogen and oxygen atoms in total. The van der Waals surface area contributed by atoms with E-state index in [2.05, 4.69) is 13.0 Å². The molecule has 0 saturated heterocycles. The second-order valence-electron chi connectivity index (χ2n) is 3.35. The molecule has 0 heterocycles. The molecule has 0 aromatic heterocycles. The first-order valence-corrected chi connectivity index (χ1v) is 6.36. The maximum Gasteiger partial charge on any atom is 0.119 e. The molecule has 0 fully saturated rings. The number of aryl methyl sites for hydroxylation is 1. The number of rotatable bonds is 7. The number of ether oxygens (including phenoxy) is 1. The number of thioether (sulfide) groups is 1. The van der Waals surface area contributed by atoms with Crippen molar-refractivity contribution < 1.29 is 9.84 Å². The number of hydrogen-bond donors (Lipinski definition) is 1. The van der Waals surface area contributed by atoms with Crippen LogP contribution in [0.5, 0.6) is 5.75 Å². The van der Waals surface area contributed by atoms with E-state index in [0.29, 0.717) is 0 Å². The van der Waals surface area contributed by atoms with Gasteiger partial charge in [0.1, 0.15) is 5.75 Å². The Labute approximate surface area is 95.7 Å². The quantitative estimate of drug-likeness (QED) is 0.724. The van der Waals surface area contributed by atoms with Crippen LogP contribution in [0, 0.1) is 6.92 Å². The third-order valence-electron chi connectivity index (χ3n) is 1.93. The van der Waals surface area contributed by atoms with Crippen molar-refractivity contribution >= 4 is 11.8 Å². The zero-order valence-corrected chi connectivity index (χ0v) is 9.93. The fourth-order valence-electron chi connectivity index (χ4n) is 1.22. The minimum atomic E-state index is 0.267. The summed E-state index contributed by atoms with van der Waals surface area (Å²) in [4.78, 5) is 0. The molecule has 0 saturated carbocycles. The number of aliphatic hydroxyl groups excluding tert-OH is 1. The van der Waals surface area contributed by atoms with Crippen LogP contribution in [0.25, 0.3) is 0 Å². The van der Waals surface area contributed by atoms with Gasteiger partial charge in [-0.2, -0.15) is 11.8 Å². The van der Waals surface area contributed by atoms with E-state index >= 15 is 0 Å². The lowest BCUT2D eigenvalue weighted by Gasteiger charge is -2.06. The highest BCUT2D eigenvalue weighted by Crippen LogP contribution is 2.12. The van der Waals surface area contributed by atoms with Crippen molar-refractivity contribution in [2.45, 2.75) is 13.3 Å². The summed E-state index contributed by atoms with van der Waals surface area (Å²) in [6.07, 6.45) is 1.03. The molecule has 0 atom stereocenters. The Morgan fingerprint density at radius 2 is 2.20 bits per heavy atom. The normalized spacial score (nSPS) is 10.3. The van der Waals surface area contributed by atoms with Gasteiger partial charge in [0.05, 0.1) is 13.2 Å². The molecule has 0 unspecified atom stereocenters. The number of aliphatic hydroxyl groups is 1. The summed E-state index contributed by atoms with van der Waals surface area (Å²) in [6.45, 7) is 3.08. The maximum absolute atomic E-state index is 8.58. The molecule has 0 aliphatic carbocycles. The molecule has 0 amide bonds. The standard InChI is InChI=1S/C12H18O2S/c1-11-4-2-5-12(10-11)14-7-3-8-15-9-6-13/h2,4-5,10,13H,3,6-9H2,1H3. The van der Waals surface area contributed by atoms with Gasteiger partial charge in [-0.3, -0.25) is 0 Å². The zero-order valence-electron chi connectivity index (χ0n) is 9.11. The van der Waals surface area contributed by atoms with Crippen molar-refractivity contribution in [2.75, 3.05) is 24.7 Å². The van der Waals surface area contributed by atoms with Gasteiger partial charge < -0.3 is 9.84 Å². The minimum absolute atomic E-state index is 0.267. The highest BCUT2D eigenvalue weighted by atomic mass is 32.2. The molecule has 1 rings (SSSR count). The Hall–Kier alpha value is -0.670. The highest BCUT2D eigenvalue weighted by molar-refractivity contribution is 7.99. The molecule has 1 N–H and O–H groups in total. The Bertz CT molecular complexity index is 276. The van der Waals surface area contributed by atoms with Crippen molar-refractivity contribution in [1.29, 1.82) is 0 Å². The fourth-order valence-corrected chi connectivity index (χ4v) is 1.88. The molecular formula is C12H18O2S. The van der Waals surface area contributed by atoms with Crippen LogP contribution in [0.15, 0.2) is 24.3 Å². The zero-order chi connectivity index (χ0) is 10.9. The average molecular weight is 226 g/mol. The van der Waals surface area contributed by atoms with E-state index in [4.69, 9.17) is 9.84 Å². The lowest BCUT2D eigenvalue weighted by atomic mass is 10.2. The summed E-state index contributed by atoms with van der Waals surface area (Å²) in [7, 11) is 0. The van der Waals surface area contributed by atoms with Gasteiger partial charge in [0.25, 0.3) is 0 Å². The molecule has 0 bridgehead atoms.